The third-order valence-electron chi connectivity index (χ3n) is 3.41. The molecule has 3 rings (SSSR count). The summed E-state index contributed by atoms with van der Waals surface area (Å²) in [6.07, 6.45) is -3.47. The Labute approximate surface area is 155 Å². The van der Waals surface area contributed by atoms with E-state index in [2.05, 4.69) is 15.5 Å². The van der Waals surface area contributed by atoms with Gasteiger partial charge >= 0.3 is 6.18 Å². The van der Waals surface area contributed by atoms with Gasteiger partial charge in [0.1, 0.15) is 5.75 Å². The summed E-state index contributed by atoms with van der Waals surface area (Å²) in [5, 5.41) is 9.23. The second kappa shape index (κ2) is 7.67. The number of nitrogens with one attached hydrogen (secondary N) is 1. The summed E-state index contributed by atoms with van der Waals surface area (Å²) in [6.45, 7) is -0.498. The number of halogens is 4. The number of alkyl halides is 3. The minimum Gasteiger partial charge on any atom is -0.484 e. The average molecular weight is 398 g/mol. The highest BCUT2D eigenvalue weighted by Gasteiger charge is 2.34. The smallest absolute Gasteiger partial charge is 0.418 e. The highest BCUT2D eigenvalue weighted by Crippen LogP contribution is 2.38. The fourth-order valence-electron chi connectivity index (χ4n) is 2.20. The van der Waals surface area contributed by atoms with Crippen LogP contribution >= 0.6 is 11.6 Å². The lowest BCUT2D eigenvalue weighted by molar-refractivity contribution is -0.137. The molecule has 0 aliphatic rings. The Morgan fingerprint density at radius 1 is 1.19 bits per heavy atom. The summed E-state index contributed by atoms with van der Waals surface area (Å²) < 4.78 is 49.4. The van der Waals surface area contributed by atoms with Gasteiger partial charge < -0.3 is 14.5 Å². The van der Waals surface area contributed by atoms with Gasteiger partial charge in [-0.2, -0.15) is 13.2 Å². The minimum atomic E-state index is -4.65. The number of hydrogen-bond acceptors (Lipinski definition) is 5. The van der Waals surface area contributed by atoms with Gasteiger partial charge in [0.05, 0.1) is 16.3 Å². The number of amides is 1. The Balaban J connectivity index is 1.64. The summed E-state index contributed by atoms with van der Waals surface area (Å²) in [4.78, 5) is 12.0. The monoisotopic (exact) mass is 397 g/mol. The lowest BCUT2D eigenvalue weighted by Crippen LogP contribution is -2.22. The van der Waals surface area contributed by atoms with Crippen molar-refractivity contribution in [2.45, 2.75) is 6.18 Å². The molecule has 0 spiro atoms. The molecule has 0 unspecified atom stereocenters. The van der Waals surface area contributed by atoms with Crippen molar-refractivity contribution in [2.24, 2.45) is 0 Å². The van der Waals surface area contributed by atoms with Crippen molar-refractivity contribution in [3.63, 3.8) is 0 Å². The maximum Gasteiger partial charge on any atom is 0.418 e. The molecule has 0 radical (unpaired) electrons. The molecule has 1 N–H and O–H groups in total. The van der Waals surface area contributed by atoms with E-state index in [9.17, 15) is 18.0 Å². The number of nitrogens with zero attached hydrogens (tertiary/aromatic N) is 2. The molecule has 1 amide bonds. The van der Waals surface area contributed by atoms with E-state index in [0.29, 0.717) is 17.2 Å². The zero-order chi connectivity index (χ0) is 19.4. The molecule has 0 aliphatic heterocycles. The molecule has 0 saturated heterocycles. The Hall–Kier alpha value is -3.07. The Morgan fingerprint density at radius 3 is 2.56 bits per heavy atom. The van der Waals surface area contributed by atoms with E-state index < -0.39 is 29.9 Å². The summed E-state index contributed by atoms with van der Waals surface area (Å²) in [5.41, 5.74) is -0.894. The summed E-state index contributed by atoms with van der Waals surface area (Å²) >= 11 is 5.79. The van der Waals surface area contributed by atoms with Crippen LogP contribution in [0, 0.1) is 0 Å². The highest BCUT2D eigenvalue weighted by atomic mass is 35.5. The second-order valence-electron chi connectivity index (χ2n) is 5.27. The fraction of sp³-hybridized carbons (Fsp3) is 0.118. The van der Waals surface area contributed by atoms with Gasteiger partial charge in [-0.1, -0.05) is 17.7 Å². The maximum absolute atomic E-state index is 13.0. The van der Waals surface area contributed by atoms with Gasteiger partial charge in [-0.05, 0) is 36.4 Å². The summed E-state index contributed by atoms with van der Waals surface area (Å²) in [7, 11) is 0. The lowest BCUT2D eigenvalue weighted by atomic mass is 10.1. The van der Waals surface area contributed by atoms with E-state index in [0.717, 1.165) is 12.1 Å². The average Bonchev–Trinajstić information content (AvgIpc) is 3.16. The van der Waals surface area contributed by atoms with Crippen LogP contribution in [0.25, 0.3) is 11.5 Å². The summed E-state index contributed by atoms with van der Waals surface area (Å²) in [6, 6.07) is 9.63. The number of benzene rings is 2. The highest BCUT2D eigenvalue weighted by molar-refractivity contribution is 6.34. The third-order valence-corrected chi connectivity index (χ3v) is 3.73. The molecule has 1 heterocycles. The van der Waals surface area contributed by atoms with Crippen molar-refractivity contribution in [3.05, 3.63) is 59.4 Å². The van der Waals surface area contributed by atoms with Crippen LogP contribution in [0.5, 0.6) is 5.75 Å². The number of carbonyl (C=O) groups is 1. The predicted octanol–water partition coefficient (Wildman–Crippen LogP) is 4.43. The topological polar surface area (TPSA) is 77.2 Å². The molecule has 10 heteroatoms. The zero-order valence-corrected chi connectivity index (χ0v) is 14.2. The predicted molar refractivity (Wildman–Crippen MR) is 90.3 cm³/mol. The Bertz CT molecular complexity index is 929. The molecule has 1 aromatic heterocycles. The quantitative estimate of drug-likeness (QED) is 0.689. The molecule has 140 valence electrons. The van der Waals surface area contributed by atoms with Crippen LogP contribution in [0.3, 0.4) is 0 Å². The van der Waals surface area contributed by atoms with Gasteiger partial charge in [0, 0.05) is 5.56 Å². The number of para-hydroxylation sites is 1. The van der Waals surface area contributed by atoms with Crippen molar-refractivity contribution in [1.29, 1.82) is 0 Å². The molecule has 3 aromatic rings. The summed E-state index contributed by atoms with van der Waals surface area (Å²) in [5.74, 6) is -0.129. The van der Waals surface area contributed by atoms with Gasteiger partial charge in [-0.3, -0.25) is 4.79 Å². The molecule has 0 aliphatic carbocycles. The first-order valence-corrected chi connectivity index (χ1v) is 7.87. The normalized spacial score (nSPS) is 11.3. The molecular formula is C17H11ClF3N3O3. The van der Waals surface area contributed by atoms with E-state index in [1.54, 1.807) is 24.3 Å². The van der Waals surface area contributed by atoms with E-state index in [-0.39, 0.29) is 5.02 Å². The van der Waals surface area contributed by atoms with Gasteiger partial charge in [-0.25, -0.2) is 0 Å². The van der Waals surface area contributed by atoms with Crippen LogP contribution in [-0.4, -0.2) is 22.7 Å². The van der Waals surface area contributed by atoms with Crippen molar-refractivity contribution in [2.75, 3.05) is 11.9 Å². The number of hydrogen-bond donors (Lipinski definition) is 1. The number of rotatable bonds is 5. The molecule has 0 fully saturated rings. The number of ether oxygens (including phenoxy) is 1. The van der Waals surface area contributed by atoms with Crippen LogP contribution < -0.4 is 10.1 Å². The van der Waals surface area contributed by atoms with E-state index in [1.165, 1.54) is 12.5 Å². The lowest BCUT2D eigenvalue weighted by Gasteiger charge is -2.15. The van der Waals surface area contributed by atoms with Gasteiger partial charge in [0.25, 0.3) is 5.91 Å². The molecule has 2 aromatic carbocycles. The van der Waals surface area contributed by atoms with Crippen LogP contribution in [0.1, 0.15) is 5.56 Å². The van der Waals surface area contributed by atoms with E-state index in [4.69, 9.17) is 20.8 Å². The zero-order valence-electron chi connectivity index (χ0n) is 13.5. The van der Waals surface area contributed by atoms with Crippen LogP contribution in [-0.2, 0) is 11.0 Å². The minimum absolute atomic E-state index is 0.220. The first-order valence-electron chi connectivity index (χ1n) is 7.49. The third kappa shape index (κ3) is 4.56. The first-order chi connectivity index (χ1) is 12.8. The van der Waals surface area contributed by atoms with Crippen LogP contribution in [0.2, 0.25) is 5.02 Å². The Kier molecular flexibility index (Phi) is 5.31. The molecule has 6 nitrogen and oxygen atoms in total. The number of aromatic nitrogens is 2. The standard InChI is InChI=1S/C17H11ClF3N3O3/c18-13-3-1-2-12(17(19,20)21)15(13)23-14(25)8-26-11-6-4-10(5-7-11)16-24-22-9-27-16/h1-7,9H,8H2,(H,23,25). The van der Waals surface area contributed by atoms with Gasteiger partial charge in [0.15, 0.2) is 6.61 Å². The maximum atomic E-state index is 13.0. The van der Waals surface area contributed by atoms with Crippen molar-refractivity contribution >= 4 is 23.2 Å². The van der Waals surface area contributed by atoms with Crippen molar-refractivity contribution < 1.29 is 27.1 Å². The fourth-order valence-corrected chi connectivity index (χ4v) is 2.43. The molecule has 27 heavy (non-hydrogen) atoms. The molecule has 0 bridgehead atoms. The van der Waals surface area contributed by atoms with E-state index in [1.807, 2.05) is 0 Å². The Morgan fingerprint density at radius 2 is 1.93 bits per heavy atom. The van der Waals surface area contributed by atoms with Gasteiger partial charge in [0.2, 0.25) is 12.3 Å². The number of carbonyl (C=O) groups excluding carboxylic acids is 1. The number of anilines is 1. The van der Waals surface area contributed by atoms with Crippen LogP contribution in [0.15, 0.2) is 53.3 Å². The molecular weight excluding hydrogens is 387 g/mol. The van der Waals surface area contributed by atoms with Crippen LogP contribution in [0.4, 0.5) is 18.9 Å². The second-order valence-corrected chi connectivity index (χ2v) is 5.67. The molecule has 0 atom stereocenters. The van der Waals surface area contributed by atoms with Gasteiger partial charge in [-0.15, -0.1) is 10.2 Å². The van der Waals surface area contributed by atoms with Crippen molar-refractivity contribution in [3.8, 4) is 17.2 Å². The van der Waals surface area contributed by atoms with Crippen molar-refractivity contribution in [1.82, 2.24) is 10.2 Å². The van der Waals surface area contributed by atoms with E-state index >= 15 is 0 Å². The molecule has 0 saturated carbocycles. The SMILES string of the molecule is O=C(COc1ccc(-c2nnco2)cc1)Nc1c(Cl)cccc1C(F)(F)F. The largest absolute Gasteiger partial charge is 0.484 e. The first kappa shape index (κ1) is 18.7.